The van der Waals surface area contributed by atoms with Crippen molar-refractivity contribution in [3.05, 3.63) is 59.6 Å². The Balaban J connectivity index is 1.55. The molecule has 1 saturated carbocycles. The van der Waals surface area contributed by atoms with Crippen LogP contribution >= 0.6 is 23.4 Å². The first-order valence-electron chi connectivity index (χ1n) is 8.72. The molecule has 4 rings (SSSR count). The van der Waals surface area contributed by atoms with Crippen molar-refractivity contribution >= 4 is 35.0 Å². The van der Waals surface area contributed by atoms with Crippen molar-refractivity contribution in [1.29, 1.82) is 0 Å². The molecule has 1 aliphatic carbocycles. The van der Waals surface area contributed by atoms with Gasteiger partial charge >= 0.3 is 0 Å². The van der Waals surface area contributed by atoms with Crippen LogP contribution in [0.25, 0.3) is 5.69 Å². The number of nitrogens with zero attached hydrogens (tertiary/aromatic N) is 4. The van der Waals surface area contributed by atoms with Gasteiger partial charge < -0.3 is 5.32 Å². The zero-order valence-electron chi connectivity index (χ0n) is 14.7. The highest BCUT2D eigenvalue weighted by molar-refractivity contribution is 8.00. The van der Waals surface area contributed by atoms with Crippen LogP contribution in [-0.4, -0.2) is 30.9 Å². The molecule has 0 spiro atoms. The molecule has 2 aromatic heterocycles. The summed E-state index contributed by atoms with van der Waals surface area (Å²) in [6, 6.07) is 13.5. The lowest BCUT2D eigenvalue weighted by atomic mass is 10.3. The van der Waals surface area contributed by atoms with Gasteiger partial charge in [0.1, 0.15) is 5.82 Å². The second kappa shape index (κ2) is 7.70. The third-order valence-corrected chi connectivity index (χ3v) is 5.63. The monoisotopic (exact) mass is 399 g/mol. The standard InChI is InChI=1S/C19H18ClN5OS/c1-12(18(26)22-15-8-5-11-21-16(15)20)27-19-24-23-17(13-9-10-13)25(19)14-6-3-2-4-7-14/h2-8,11-13H,9-10H2,1H3,(H,22,26)/t12-/m1/s1. The Morgan fingerprint density at radius 3 is 2.70 bits per heavy atom. The van der Waals surface area contributed by atoms with Crippen molar-refractivity contribution in [3.63, 3.8) is 0 Å². The zero-order valence-corrected chi connectivity index (χ0v) is 16.2. The van der Waals surface area contributed by atoms with Gasteiger partial charge in [-0.05, 0) is 44.0 Å². The maximum atomic E-state index is 12.6. The molecule has 27 heavy (non-hydrogen) atoms. The van der Waals surface area contributed by atoms with E-state index in [2.05, 4.69) is 25.1 Å². The van der Waals surface area contributed by atoms with Gasteiger partial charge in [0, 0.05) is 17.8 Å². The van der Waals surface area contributed by atoms with Crippen molar-refractivity contribution in [2.45, 2.75) is 36.1 Å². The van der Waals surface area contributed by atoms with Gasteiger partial charge in [-0.2, -0.15) is 0 Å². The average Bonchev–Trinajstić information content (AvgIpc) is 3.45. The van der Waals surface area contributed by atoms with Crippen LogP contribution in [0.2, 0.25) is 5.15 Å². The van der Waals surface area contributed by atoms with Gasteiger partial charge in [0.25, 0.3) is 0 Å². The van der Waals surface area contributed by atoms with Gasteiger partial charge in [0.15, 0.2) is 10.3 Å². The maximum Gasteiger partial charge on any atom is 0.237 e. The number of aromatic nitrogens is 4. The normalized spacial score (nSPS) is 14.7. The molecular weight excluding hydrogens is 382 g/mol. The van der Waals surface area contributed by atoms with E-state index < -0.39 is 0 Å². The lowest BCUT2D eigenvalue weighted by molar-refractivity contribution is -0.115. The Morgan fingerprint density at radius 2 is 2.00 bits per heavy atom. The molecule has 1 amide bonds. The van der Waals surface area contributed by atoms with Gasteiger partial charge in [0.05, 0.1) is 10.9 Å². The van der Waals surface area contributed by atoms with Crippen LogP contribution in [0.1, 0.15) is 31.5 Å². The third kappa shape index (κ3) is 3.99. The number of rotatable bonds is 6. The summed E-state index contributed by atoms with van der Waals surface area (Å²) in [7, 11) is 0. The van der Waals surface area contributed by atoms with Crippen LogP contribution in [0.3, 0.4) is 0 Å². The summed E-state index contributed by atoms with van der Waals surface area (Å²) in [5.41, 5.74) is 1.51. The van der Waals surface area contributed by atoms with Crippen LogP contribution in [0.15, 0.2) is 53.8 Å². The first kappa shape index (κ1) is 18.0. The van der Waals surface area contributed by atoms with Gasteiger partial charge in [-0.3, -0.25) is 9.36 Å². The molecule has 6 nitrogen and oxygen atoms in total. The molecule has 2 heterocycles. The topological polar surface area (TPSA) is 72.7 Å². The van der Waals surface area contributed by atoms with Crippen LogP contribution in [-0.2, 0) is 4.79 Å². The highest BCUT2D eigenvalue weighted by Crippen LogP contribution is 2.41. The molecule has 3 aromatic rings. The first-order valence-corrected chi connectivity index (χ1v) is 9.98. The Kier molecular flexibility index (Phi) is 5.13. The number of carbonyl (C=O) groups is 1. The van der Waals surface area contributed by atoms with E-state index in [9.17, 15) is 4.79 Å². The second-order valence-electron chi connectivity index (χ2n) is 6.38. The molecule has 0 unspecified atom stereocenters. The molecule has 0 saturated heterocycles. The quantitative estimate of drug-likeness (QED) is 0.493. The summed E-state index contributed by atoms with van der Waals surface area (Å²) >= 11 is 7.40. The Bertz CT molecular complexity index is 958. The molecule has 0 radical (unpaired) electrons. The molecule has 1 aromatic carbocycles. The molecule has 138 valence electrons. The lowest BCUT2D eigenvalue weighted by Crippen LogP contribution is -2.23. The number of halogens is 1. The molecule has 1 aliphatic rings. The van der Waals surface area contributed by atoms with E-state index in [-0.39, 0.29) is 16.3 Å². The summed E-state index contributed by atoms with van der Waals surface area (Å²) in [6.45, 7) is 1.84. The number of hydrogen-bond acceptors (Lipinski definition) is 5. The van der Waals surface area contributed by atoms with Crippen molar-refractivity contribution < 1.29 is 4.79 Å². The SMILES string of the molecule is C[C@@H](Sc1nnc(C2CC2)n1-c1ccccc1)C(=O)Nc1cccnc1Cl. The number of hydrogen-bond donors (Lipinski definition) is 1. The summed E-state index contributed by atoms with van der Waals surface area (Å²) in [5, 5.41) is 12.2. The van der Waals surface area contributed by atoms with Gasteiger partial charge in [-0.1, -0.05) is 41.6 Å². The lowest BCUT2D eigenvalue weighted by Gasteiger charge is -2.14. The summed E-state index contributed by atoms with van der Waals surface area (Å²) < 4.78 is 2.06. The molecule has 0 aliphatic heterocycles. The fraction of sp³-hybridized carbons (Fsp3) is 0.263. The minimum Gasteiger partial charge on any atom is -0.322 e. The average molecular weight is 400 g/mol. The molecule has 1 fully saturated rings. The molecule has 1 N–H and O–H groups in total. The number of nitrogens with one attached hydrogen (secondary N) is 1. The number of pyridine rings is 1. The van der Waals surface area contributed by atoms with E-state index in [0.717, 1.165) is 24.4 Å². The molecule has 1 atom stereocenters. The van der Waals surface area contributed by atoms with E-state index in [4.69, 9.17) is 11.6 Å². The predicted molar refractivity (Wildman–Crippen MR) is 107 cm³/mol. The highest BCUT2D eigenvalue weighted by Gasteiger charge is 2.31. The Labute approximate surface area is 166 Å². The van der Waals surface area contributed by atoms with Gasteiger partial charge in [-0.25, -0.2) is 4.98 Å². The zero-order chi connectivity index (χ0) is 18.8. The first-order chi connectivity index (χ1) is 13.1. The van der Waals surface area contributed by atoms with Gasteiger partial charge in [-0.15, -0.1) is 10.2 Å². The van der Waals surface area contributed by atoms with Crippen LogP contribution in [0, 0.1) is 0 Å². The number of thioether (sulfide) groups is 1. The van der Waals surface area contributed by atoms with E-state index in [0.29, 0.717) is 16.8 Å². The summed E-state index contributed by atoms with van der Waals surface area (Å²) in [6.07, 6.45) is 3.84. The van der Waals surface area contributed by atoms with Crippen molar-refractivity contribution in [3.8, 4) is 5.69 Å². The van der Waals surface area contributed by atoms with Gasteiger partial charge in [0.2, 0.25) is 5.91 Å². The number of para-hydroxylation sites is 1. The fourth-order valence-corrected chi connectivity index (χ4v) is 3.75. The fourth-order valence-electron chi connectivity index (χ4n) is 2.71. The number of benzene rings is 1. The molecule has 0 bridgehead atoms. The van der Waals surface area contributed by atoms with E-state index in [1.54, 1.807) is 18.3 Å². The highest BCUT2D eigenvalue weighted by atomic mass is 35.5. The molecular formula is C19H18ClN5OS. The number of carbonyl (C=O) groups excluding carboxylic acids is 1. The van der Waals surface area contributed by atoms with E-state index in [1.807, 2.05) is 37.3 Å². The maximum absolute atomic E-state index is 12.6. The number of anilines is 1. The van der Waals surface area contributed by atoms with Crippen LogP contribution < -0.4 is 5.32 Å². The van der Waals surface area contributed by atoms with Crippen molar-refractivity contribution in [2.75, 3.05) is 5.32 Å². The van der Waals surface area contributed by atoms with Crippen LogP contribution in [0.5, 0.6) is 0 Å². The Hall–Kier alpha value is -2.38. The second-order valence-corrected chi connectivity index (χ2v) is 8.04. The predicted octanol–water partition coefficient (Wildman–Crippen LogP) is 4.31. The van der Waals surface area contributed by atoms with Crippen molar-refractivity contribution in [2.24, 2.45) is 0 Å². The summed E-state index contributed by atoms with van der Waals surface area (Å²) in [4.78, 5) is 16.6. The minimum atomic E-state index is -0.375. The smallest absolute Gasteiger partial charge is 0.237 e. The molecule has 8 heteroatoms. The minimum absolute atomic E-state index is 0.162. The largest absolute Gasteiger partial charge is 0.322 e. The van der Waals surface area contributed by atoms with E-state index >= 15 is 0 Å². The summed E-state index contributed by atoms with van der Waals surface area (Å²) in [5.74, 6) is 1.25. The van der Waals surface area contributed by atoms with Crippen molar-refractivity contribution in [1.82, 2.24) is 19.7 Å². The van der Waals surface area contributed by atoms with E-state index in [1.165, 1.54) is 11.8 Å². The third-order valence-electron chi connectivity index (χ3n) is 4.28. The van der Waals surface area contributed by atoms with Crippen LogP contribution in [0.4, 0.5) is 5.69 Å². The Morgan fingerprint density at radius 1 is 1.22 bits per heavy atom. The number of amides is 1.